The van der Waals surface area contributed by atoms with Crippen LogP contribution in [0.4, 0.5) is 0 Å². The number of hydrogen-bond donors (Lipinski definition) is 2. The number of rotatable bonds is 10. The van der Waals surface area contributed by atoms with E-state index in [2.05, 4.69) is 10.6 Å². The Kier molecular flexibility index (Phi) is 9.21. The van der Waals surface area contributed by atoms with Gasteiger partial charge in [-0.1, -0.05) is 32.0 Å². The molecule has 1 aromatic rings. The smallest absolute Gasteiger partial charge is 0.252 e. The van der Waals surface area contributed by atoms with Crippen LogP contribution in [0, 0.1) is 12.8 Å². The summed E-state index contributed by atoms with van der Waals surface area (Å²) in [6, 6.07) is 6.86. The van der Waals surface area contributed by atoms with Gasteiger partial charge in [0.1, 0.15) is 6.04 Å². The molecule has 0 saturated heterocycles. The molecule has 0 heterocycles. The van der Waals surface area contributed by atoms with Crippen molar-refractivity contribution in [1.82, 2.24) is 10.6 Å². The minimum Gasteiger partial charge on any atom is -0.379 e. The van der Waals surface area contributed by atoms with Crippen LogP contribution < -0.4 is 10.6 Å². The maximum atomic E-state index is 12.5. The van der Waals surface area contributed by atoms with E-state index in [9.17, 15) is 9.59 Å². The number of hydrogen-bond acceptors (Lipinski definition) is 3. The van der Waals surface area contributed by atoms with Crippen molar-refractivity contribution in [3.05, 3.63) is 35.4 Å². The lowest BCUT2D eigenvalue weighted by atomic mass is 10.0. The molecule has 0 spiro atoms. The molecule has 140 valence electrons. The van der Waals surface area contributed by atoms with Gasteiger partial charge in [-0.3, -0.25) is 9.59 Å². The zero-order valence-corrected chi connectivity index (χ0v) is 16.1. The molecule has 25 heavy (non-hydrogen) atoms. The number of carbonyl (C=O) groups is 2. The lowest BCUT2D eigenvalue weighted by Crippen LogP contribution is -2.47. The molecule has 0 aliphatic rings. The SMILES string of the molecule is Cc1ccccc1C(=O)NC(CC(C)C)C(=O)NCCCOC(C)C. The van der Waals surface area contributed by atoms with Crippen LogP contribution >= 0.6 is 0 Å². The number of ether oxygens (including phenoxy) is 1. The first-order valence-electron chi connectivity index (χ1n) is 9.07. The fourth-order valence-corrected chi connectivity index (χ4v) is 2.49. The van der Waals surface area contributed by atoms with E-state index >= 15 is 0 Å². The summed E-state index contributed by atoms with van der Waals surface area (Å²) in [5.41, 5.74) is 1.50. The monoisotopic (exact) mass is 348 g/mol. The molecule has 1 rings (SSSR count). The second-order valence-electron chi connectivity index (χ2n) is 7.03. The molecule has 2 N–H and O–H groups in total. The average Bonchev–Trinajstić information content (AvgIpc) is 2.53. The van der Waals surface area contributed by atoms with Gasteiger partial charge in [0.2, 0.25) is 5.91 Å². The Labute approximate surface area is 151 Å². The topological polar surface area (TPSA) is 67.4 Å². The molecule has 1 aromatic carbocycles. The third-order valence-electron chi connectivity index (χ3n) is 3.79. The number of aryl methyl sites for hydroxylation is 1. The molecule has 0 radical (unpaired) electrons. The highest BCUT2D eigenvalue weighted by molar-refractivity contribution is 5.98. The highest BCUT2D eigenvalue weighted by atomic mass is 16.5. The van der Waals surface area contributed by atoms with Gasteiger partial charge in [-0.15, -0.1) is 0 Å². The first-order valence-corrected chi connectivity index (χ1v) is 9.07. The van der Waals surface area contributed by atoms with Crippen molar-refractivity contribution in [3.8, 4) is 0 Å². The minimum atomic E-state index is -0.530. The summed E-state index contributed by atoms with van der Waals surface area (Å²) in [5.74, 6) is -0.0422. The molecule has 1 unspecified atom stereocenters. The van der Waals surface area contributed by atoms with Gasteiger partial charge in [-0.2, -0.15) is 0 Å². The van der Waals surface area contributed by atoms with Crippen molar-refractivity contribution in [2.75, 3.05) is 13.2 Å². The molecule has 5 nitrogen and oxygen atoms in total. The van der Waals surface area contributed by atoms with Crippen LogP contribution in [0.1, 0.15) is 56.5 Å². The van der Waals surface area contributed by atoms with Gasteiger partial charge in [0.05, 0.1) is 6.10 Å². The maximum absolute atomic E-state index is 12.5. The van der Waals surface area contributed by atoms with Crippen LogP contribution in [0.3, 0.4) is 0 Å². The maximum Gasteiger partial charge on any atom is 0.252 e. The summed E-state index contributed by atoms with van der Waals surface area (Å²) in [6.45, 7) is 11.1. The van der Waals surface area contributed by atoms with Gasteiger partial charge in [-0.05, 0) is 51.2 Å². The van der Waals surface area contributed by atoms with Crippen molar-refractivity contribution in [2.45, 2.75) is 59.6 Å². The summed E-state index contributed by atoms with van der Waals surface area (Å²) in [4.78, 5) is 25.0. The highest BCUT2D eigenvalue weighted by Gasteiger charge is 2.22. The molecule has 0 fully saturated rings. The van der Waals surface area contributed by atoms with Gasteiger partial charge < -0.3 is 15.4 Å². The highest BCUT2D eigenvalue weighted by Crippen LogP contribution is 2.10. The van der Waals surface area contributed by atoms with E-state index in [1.165, 1.54) is 0 Å². The molecule has 2 amide bonds. The Hall–Kier alpha value is -1.88. The Balaban J connectivity index is 2.59. The largest absolute Gasteiger partial charge is 0.379 e. The third-order valence-corrected chi connectivity index (χ3v) is 3.79. The van der Waals surface area contributed by atoms with Gasteiger partial charge in [0.15, 0.2) is 0 Å². The van der Waals surface area contributed by atoms with E-state index in [0.717, 1.165) is 12.0 Å². The number of benzene rings is 1. The normalized spacial score (nSPS) is 12.3. The van der Waals surface area contributed by atoms with Crippen LogP contribution in [-0.4, -0.2) is 37.1 Å². The number of amides is 2. The molecular formula is C20H32N2O3. The molecule has 1 atom stereocenters. The summed E-state index contributed by atoms with van der Waals surface area (Å²) in [7, 11) is 0. The van der Waals surface area contributed by atoms with Crippen molar-refractivity contribution >= 4 is 11.8 Å². The van der Waals surface area contributed by atoms with Crippen molar-refractivity contribution in [2.24, 2.45) is 5.92 Å². The Bertz CT molecular complexity index is 556. The molecule has 0 bridgehead atoms. The summed E-state index contributed by atoms with van der Waals surface area (Å²) >= 11 is 0. The van der Waals surface area contributed by atoms with Crippen LogP contribution in [-0.2, 0) is 9.53 Å². The van der Waals surface area contributed by atoms with E-state index in [4.69, 9.17) is 4.74 Å². The average molecular weight is 348 g/mol. The van der Waals surface area contributed by atoms with E-state index in [1.807, 2.05) is 52.8 Å². The minimum absolute atomic E-state index is 0.139. The first kappa shape index (κ1) is 21.2. The third kappa shape index (κ3) is 8.16. The van der Waals surface area contributed by atoms with E-state index in [1.54, 1.807) is 6.07 Å². The van der Waals surface area contributed by atoms with Gasteiger partial charge >= 0.3 is 0 Å². The zero-order chi connectivity index (χ0) is 18.8. The van der Waals surface area contributed by atoms with Crippen molar-refractivity contribution in [1.29, 1.82) is 0 Å². The van der Waals surface area contributed by atoms with Crippen molar-refractivity contribution < 1.29 is 14.3 Å². The Morgan fingerprint density at radius 3 is 2.40 bits per heavy atom. The molecule has 5 heteroatoms. The van der Waals surface area contributed by atoms with Crippen LogP contribution in [0.25, 0.3) is 0 Å². The fourth-order valence-electron chi connectivity index (χ4n) is 2.49. The fraction of sp³-hybridized carbons (Fsp3) is 0.600. The molecular weight excluding hydrogens is 316 g/mol. The molecule has 0 aromatic heterocycles. The van der Waals surface area contributed by atoms with Crippen molar-refractivity contribution in [3.63, 3.8) is 0 Å². The Morgan fingerprint density at radius 1 is 1.12 bits per heavy atom. The van der Waals surface area contributed by atoms with E-state index in [0.29, 0.717) is 31.1 Å². The first-order chi connectivity index (χ1) is 11.8. The zero-order valence-electron chi connectivity index (χ0n) is 16.1. The number of carbonyl (C=O) groups excluding carboxylic acids is 2. The van der Waals surface area contributed by atoms with Crippen LogP contribution in [0.15, 0.2) is 24.3 Å². The predicted octanol–water partition coefficient (Wildman–Crippen LogP) is 3.07. The van der Waals surface area contributed by atoms with Gasteiger partial charge in [0, 0.05) is 18.7 Å². The molecule has 0 aliphatic carbocycles. The van der Waals surface area contributed by atoms with Gasteiger partial charge in [0.25, 0.3) is 5.91 Å². The lowest BCUT2D eigenvalue weighted by molar-refractivity contribution is -0.123. The molecule has 0 aliphatic heterocycles. The van der Waals surface area contributed by atoms with E-state index < -0.39 is 6.04 Å². The van der Waals surface area contributed by atoms with E-state index in [-0.39, 0.29) is 17.9 Å². The Morgan fingerprint density at radius 2 is 1.80 bits per heavy atom. The summed E-state index contributed by atoms with van der Waals surface area (Å²) < 4.78 is 5.46. The van der Waals surface area contributed by atoms with Gasteiger partial charge in [-0.25, -0.2) is 0 Å². The van der Waals surface area contributed by atoms with Crippen LogP contribution in [0.2, 0.25) is 0 Å². The van der Waals surface area contributed by atoms with Crippen LogP contribution in [0.5, 0.6) is 0 Å². The second-order valence-corrected chi connectivity index (χ2v) is 7.03. The summed E-state index contributed by atoms with van der Waals surface area (Å²) in [5, 5.41) is 5.78. The molecule has 0 saturated carbocycles. The second kappa shape index (κ2) is 10.9. The predicted molar refractivity (Wildman–Crippen MR) is 101 cm³/mol. The lowest BCUT2D eigenvalue weighted by Gasteiger charge is -2.21. The summed E-state index contributed by atoms with van der Waals surface area (Å²) in [6.07, 6.45) is 1.55. The standard InChI is InChI=1S/C20H32N2O3/c1-14(2)13-18(20(24)21-11-8-12-25-15(3)4)22-19(23)17-10-7-6-9-16(17)5/h6-7,9-10,14-15,18H,8,11-13H2,1-5H3,(H,21,24)(H,22,23). The quantitative estimate of drug-likeness (QED) is 0.639. The number of nitrogens with one attached hydrogen (secondary N) is 2.